The Kier molecular flexibility index (Phi) is 9.58. The Morgan fingerprint density at radius 1 is 1.00 bits per heavy atom. The molecule has 0 aromatic heterocycles. The van der Waals surface area contributed by atoms with Gasteiger partial charge in [-0.05, 0) is 12.3 Å². The second kappa shape index (κ2) is 10.3. The van der Waals surface area contributed by atoms with E-state index in [0.717, 1.165) is 0 Å². The number of rotatable bonds is 10. The maximum absolute atomic E-state index is 11.7. The Morgan fingerprint density at radius 2 is 1.48 bits per heavy atom. The average Bonchev–Trinajstić information content (AvgIpc) is 2.51. The standard InChI is InChI=1S/C14H27N3O6/c1-9(2)12(15)13(23)16-10(21)4-3-5-11(22)17-14(6-18,7-19)8-20/h9,12,18-20H,3-8,15H2,1-2H3,(H,17,22)(H,16,21,23)/t12-/m0/s1. The summed E-state index contributed by atoms with van der Waals surface area (Å²) >= 11 is 0. The molecule has 0 aliphatic rings. The molecule has 0 bridgehead atoms. The van der Waals surface area contributed by atoms with Crippen LogP contribution in [0.15, 0.2) is 0 Å². The predicted molar refractivity (Wildman–Crippen MR) is 81.9 cm³/mol. The minimum Gasteiger partial charge on any atom is -0.394 e. The van der Waals surface area contributed by atoms with Gasteiger partial charge in [-0.2, -0.15) is 0 Å². The molecule has 0 rings (SSSR count). The highest BCUT2D eigenvalue weighted by molar-refractivity contribution is 5.97. The molecule has 0 aliphatic heterocycles. The van der Waals surface area contributed by atoms with E-state index in [1.54, 1.807) is 13.8 Å². The van der Waals surface area contributed by atoms with E-state index in [2.05, 4.69) is 10.6 Å². The quantitative estimate of drug-likeness (QED) is 0.260. The van der Waals surface area contributed by atoms with Gasteiger partial charge in [0.2, 0.25) is 17.7 Å². The summed E-state index contributed by atoms with van der Waals surface area (Å²) in [5, 5.41) is 31.7. The van der Waals surface area contributed by atoms with Gasteiger partial charge in [0, 0.05) is 12.8 Å². The van der Waals surface area contributed by atoms with E-state index >= 15 is 0 Å². The van der Waals surface area contributed by atoms with Crippen molar-refractivity contribution in [1.29, 1.82) is 0 Å². The van der Waals surface area contributed by atoms with Crippen molar-refractivity contribution in [2.75, 3.05) is 19.8 Å². The van der Waals surface area contributed by atoms with E-state index in [1.807, 2.05) is 0 Å². The lowest BCUT2D eigenvalue weighted by Gasteiger charge is -2.28. The molecular weight excluding hydrogens is 306 g/mol. The highest BCUT2D eigenvalue weighted by Gasteiger charge is 2.29. The van der Waals surface area contributed by atoms with Crippen LogP contribution in [0.2, 0.25) is 0 Å². The number of aliphatic hydroxyl groups excluding tert-OH is 3. The summed E-state index contributed by atoms with van der Waals surface area (Å²) in [5.74, 6) is -1.72. The molecule has 0 aliphatic carbocycles. The summed E-state index contributed by atoms with van der Waals surface area (Å²) in [6.07, 6.45) is 0.0637. The molecule has 0 heterocycles. The van der Waals surface area contributed by atoms with Crippen LogP contribution in [0.5, 0.6) is 0 Å². The van der Waals surface area contributed by atoms with E-state index < -0.39 is 49.1 Å². The zero-order valence-corrected chi connectivity index (χ0v) is 13.5. The van der Waals surface area contributed by atoms with Gasteiger partial charge in [-0.3, -0.25) is 19.7 Å². The first-order valence-electron chi connectivity index (χ1n) is 7.44. The van der Waals surface area contributed by atoms with Crippen LogP contribution in [0.4, 0.5) is 0 Å². The number of imide groups is 1. The molecular formula is C14H27N3O6. The molecule has 1 atom stereocenters. The normalized spacial score (nSPS) is 12.8. The SMILES string of the molecule is CC(C)[C@H](N)C(=O)NC(=O)CCCC(=O)NC(CO)(CO)CO. The van der Waals surface area contributed by atoms with Gasteiger partial charge in [-0.1, -0.05) is 13.8 Å². The number of aliphatic hydroxyl groups is 3. The number of hydrogen-bond donors (Lipinski definition) is 6. The minimum absolute atomic E-state index is 0.0473. The second-order valence-corrected chi connectivity index (χ2v) is 5.84. The molecule has 0 aromatic carbocycles. The summed E-state index contributed by atoms with van der Waals surface area (Å²) in [4.78, 5) is 34.8. The first kappa shape index (κ1) is 21.4. The van der Waals surface area contributed by atoms with Gasteiger partial charge in [0.1, 0.15) is 5.54 Å². The molecule has 9 heteroatoms. The zero-order valence-electron chi connectivity index (χ0n) is 13.5. The van der Waals surface area contributed by atoms with Crippen LogP contribution in [0.1, 0.15) is 33.1 Å². The molecule has 0 saturated carbocycles. The van der Waals surface area contributed by atoms with Gasteiger partial charge in [-0.25, -0.2) is 0 Å². The molecule has 0 fully saturated rings. The molecule has 134 valence electrons. The van der Waals surface area contributed by atoms with Gasteiger partial charge in [0.25, 0.3) is 0 Å². The van der Waals surface area contributed by atoms with Gasteiger partial charge < -0.3 is 26.4 Å². The minimum atomic E-state index is -1.49. The second-order valence-electron chi connectivity index (χ2n) is 5.84. The van der Waals surface area contributed by atoms with Gasteiger partial charge >= 0.3 is 0 Å². The summed E-state index contributed by atoms with van der Waals surface area (Å²) in [6.45, 7) is 1.67. The van der Waals surface area contributed by atoms with Crippen molar-refractivity contribution >= 4 is 17.7 Å². The van der Waals surface area contributed by atoms with E-state index in [4.69, 9.17) is 21.1 Å². The fraction of sp³-hybridized carbons (Fsp3) is 0.786. The van der Waals surface area contributed by atoms with Crippen molar-refractivity contribution in [3.05, 3.63) is 0 Å². The van der Waals surface area contributed by atoms with Crippen LogP contribution in [-0.2, 0) is 14.4 Å². The van der Waals surface area contributed by atoms with Crippen LogP contribution >= 0.6 is 0 Å². The Hall–Kier alpha value is -1.55. The van der Waals surface area contributed by atoms with E-state index in [0.29, 0.717) is 0 Å². The smallest absolute Gasteiger partial charge is 0.243 e. The first-order chi connectivity index (χ1) is 10.7. The van der Waals surface area contributed by atoms with E-state index in [-0.39, 0.29) is 25.2 Å². The van der Waals surface area contributed by atoms with E-state index in [9.17, 15) is 14.4 Å². The molecule has 0 saturated heterocycles. The number of nitrogens with two attached hydrogens (primary N) is 1. The fourth-order valence-electron chi connectivity index (χ4n) is 1.62. The van der Waals surface area contributed by atoms with E-state index in [1.165, 1.54) is 0 Å². The zero-order chi connectivity index (χ0) is 18.0. The Balaban J connectivity index is 4.18. The van der Waals surface area contributed by atoms with Gasteiger partial charge in [0.15, 0.2) is 0 Å². The highest BCUT2D eigenvalue weighted by atomic mass is 16.3. The van der Waals surface area contributed by atoms with Crippen molar-refractivity contribution in [3.8, 4) is 0 Å². The topological polar surface area (TPSA) is 162 Å². The summed E-state index contributed by atoms with van der Waals surface area (Å²) in [7, 11) is 0. The third-order valence-electron chi connectivity index (χ3n) is 3.40. The molecule has 9 nitrogen and oxygen atoms in total. The number of hydrogen-bond acceptors (Lipinski definition) is 7. The van der Waals surface area contributed by atoms with Crippen molar-refractivity contribution in [2.24, 2.45) is 11.7 Å². The molecule has 3 amide bonds. The van der Waals surface area contributed by atoms with Crippen LogP contribution in [-0.4, -0.2) is 64.4 Å². The van der Waals surface area contributed by atoms with Crippen LogP contribution in [0.25, 0.3) is 0 Å². The largest absolute Gasteiger partial charge is 0.394 e. The Labute approximate surface area is 135 Å². The molecule has 0 spiro atoms. The Bertz CT molecular complexity index is 401. The number of carbonyl (C=O) groups excluding carboxylic acids is 3. The van der Waals surface area contributed by atoms with Crippen molar-refractivity contribution in [2.45, 2.75) is 44.7 Å². The highest BCUT2D eigenvalue weighted by Crippen LogP contribution is 2.04. The number of carbonyl (C=O) groups is 3. The molecule has 0 unspecified atom stereocenters. The predicted octanol–water partition coefficient (Wildman–Crippen LogP) is -2.39. The number of amides is 3. The van der Waals surface area contributed by atoms with Crippen molar-refractivity contribution in [1.82, 2.24) is 10.6 Å². The molecule has 23 heavy (non-hydrogen) atoms. The average molecular weight is 333 g/mol. The third-order valence-corrected chi connectivity index (χ3v) is 3.40. The summed E-state index contributed by atoms with van der Waals surface area (Å²) < 4.78 is 0. The Morgan fingerprint density at radius 3 is 1.91 bits per heavy atom. The first-order valence-corrected chi connectivity index (χ1v) is 7.44. The fourth-order valence-corrected chi connectivity index (χ4v) is 1.62. The lowest BCUT2D eigenvalue weighted by Crippen LogP contribution is -2.57. The van der Waals surface area contributed by atoms with Crippen molar-refractivity contribution < 1.29 is 29.7 Å². The lowest BCUT2D eigenvalue weighted by atomic mass is 10.0. The lowest BCUT2D eigenvalue weighted by molar-refractivity contribution is -0.131. The molecule has 0 radical (unpaired) electrons. The molecule has 7 N–H and O–H groups in total. The third kappa shape index (κ3) is 7.51. The summed E-state index contributed by atoms with van der Waals surface area (Å²) in [6, 6.07) is -0.776. The van der Waals surface area contributed by atoms with Crippen molar-refractivity contribution in [3.63, 3.8) is 0 Å². The van der Waals surface area contributed by atoms with Crippen LogP contribution < -0.4 is 16.4 Å². The van der Waals surface area contributed by atoms with Crippen LogP contribution in [0, 0.1) is 5.92 Å². The maximum Gasteiger partial charge on any atom is 0.243 e. The monoisotopic (exact) mass is 333 g/mol. The van der Waals surface area contributed by atoms with Gasteiger partial charge in [0.05, 0.1) is 25.9 Å². The van der Waals surface area contributed by atoms with Crippen LogP contribution in [0.3, 0.4) is 0 Å². The number of nitrogens with one attached hydrogen (secondary N) is 2. The molecule has 0 aromatic rings. The van der Waals surface area contributed by atoms with Gasteiger partial charge in [-0.15, -0.1) is 0 Å². The maximum atomic E-state index is 11.7. The summed E-state index contributed by atoms with van der Waals surface area (Å²) in [5.41, 5.74) is 4.11.